The largest absolute Gasteiger partial charge is 0.484 e. The lowest BCUT2D eigenvalue weighted by Gasteiger charge is -2.14. The first kappa shape index (κ1) is 20.6. The lowest BCUT2D eigenvalue weighted by atomic mass is 9.99. The predicted molar refractivity (Wildman–Crippen MR) is 118 cm³/mol. The number of ether oxygens (including phenoxy) is 1. The van der Waals surface area contributed by atoms with Crippen LogP contribution in [0.1, 0.15) is 28.8 Å². The summed E-state index contributed by atoms with van der Waals surface area (Å²) in [4.78, 5) is 14.1. The van der Waals surface area contributed by atoms with Gasteiger partial charge in [-0.05, 0) is 62.4 Å². The van der Waals surface area contributed by atoms with Gasteiger partial charge in [-0.1, -0.05) is 35.9 Å². The van der Waals surface area contributed by atoms with E-state index < -0.39 is 9.84 Å². The van der Waals surface area contributed by atoms with Crippen LogP contribution in [0.4, 0.5) is 5.00 Å². The van der Waals surface area contributed by atoms with E-state index in [2.05, 4.69) is 5.32 Å². The van der Waals surface area contributed by atoms with Crippen LogP contribution in [0.2, 0.25) is 0 Å². The predicted octanol–water partition coefficient (Wildman–Crippen LogP) is 4.79. The minimum Gasteiger partial charge on any atom is -0.484 e. The quantitative estimate of drug-likeness (QED) is 0.597. The molecule has 156 valence electrons. The third-order valence-electron chi connectivity index (χ3n) is 5.09. The van der Waals surface area contributed by atoms with E-state index in [9.17, 15) is 13.2 Å². The summed E-state index contributed by atoms with van der Waals surface area (Å²) < 4.78 is 32.4. The Balaban J connectivity index is 1.61. The number of hydrogen-bond acceptors (Lipinski definition) is 5. The number of sulfone groups is 1. The van der Waals surface area contributed by atoms with E-state index in [1.165, 1.54) is 11.3 Å². The zero-order chi connectivity index (χ0) is 21.1. The van der Waals surface area contributed by atoms with Crippen molar-refractivity contribution in [1.82, 2.24) is 0 Å². The van der Waals surface area contributed by atoms with Gasteiger partial charge in [0.1, 0.15) is 15.6 Å². The molecule has 1 aliphatic carbocycles. The fraction of sp³-hybridized carbons (Fsp3) is 0.261. The SMILES string of the molecule is Cc1ccc(OCC(=O)Nc2sc3c(c2S(=O)(=O)c2ccccc2)CCCC3)cc1. The number of rotatable bonds is 6. The molecular weight excluding hydrogens is 418 g/mol. The van der Waals surface area contributed by atoms with Crippen LogP contribution in [0.3, 0.4) is 0 Å². The molecule has 30 heavy (non-hydrogen) atoms. The Bertz CT molecular complexity index is 1150. The second kappa shape index (κ2) is 8.62. The molecule has 0 aliphatic heterocycles. The summed E-state index contributed by atoms with van der Waals surface area (Å²) in [5.41, 5.74) is 1.96. The number of hydrogen-bond donors (Lipinski definition) is 1. The van der Waals surface area contributed by atoms with Crippen LogP contribution < -0.4 is 10.1 Å². The first-order chi connectivity index (χ1) is 14.4. The Labute approximate surface area is 180 Å². The van der Waals surface area contributed by atoms with Crippen molar-refractivity contribution in [3.8, 4) is 5.75 Å². The molecule has 1 aliphatic rings. The highest BCUT2D eigenvalue weighted by Gasteiger charge is 2.31. The van der Waals surface area contributed by atoms with E-state index in [4.69, 9.17) is 4.74 Å². The van der Waals surface area contributed by atoms with Gasteiger partial charge in [-0.2, -0.15) is 0 Å². The summed E-state index contributed by atoms with van der Waals surface area (Å²) in [6.07, 6.45) is 3.53. The summed E-state index contributed by atoms with van der Waals surface area (Å²) in [6.45, 7) is 1.79. The van der Waals surface area contributed by atoms with Crippen LogP contribution in [0.5, 0.6) is 5.75 Å². The van der Waals surface area contributed by atoms with Crippen molar-refractivity contribution in [3.63, 3.8) is 0 Å². The molecule has 5 nitrogen and oxygen atoms in total. The number of aryl methyl sites for hydroxylation is 2. The number of fused-ring (bicyclic) bond motifs is 1. The smallest absolute Gasteiger partial charge is 0.262 e. The minimum absolute atomic E-state index is 0.184. The van der Waals surface area contributed by atoms with Crippen molar-refractivity contribution >= 4 is 32.1 Å². The molecule has 0 unspecified atom stereocenters. The zero-order valence-electron chi connectivity index (χ0n) is 16.7. The molecule has 1 amide bonds. The number of nitrogens with one attached hydrogen (secondary N) is 1. The van der Waals surface area contributed by atoms with Gasteiger partial charge in [-0.15, -0.1) is 11.3 Å². The third-order valence-corrected chi connectivity index (χ3v) is 8.31. The van der Waals surface area contributed by atoms with Gasteiger partial charge in [-0.25, -0.2) is 8.42 Å². The van der Waals surface area contributed by atoms with E-state index in [-0.39, 0.29) is 22.3 Å². The molecular formula is C23H23NO4S2. The van der Waals surface area contributed by atoms with Gasteiger partial charge in [0.2, 0.25) is 9.84 Å². The Morgan fingerprint density at radius 1 is 1.03 bits per heavy atom. The average molecular weight is 442 g/mol. The van der Waals surface area contributed by atoms with Crippen LogP contribution in [0, 0.1) is 6.92 Å². The summed E-state index contributed by atoms with van der Waals surface area (Å²) in [5.74, 6) is 0.219. The van der Waals surface area contributed by atoms with Crippen molar-refractivity contribution in [3.05, 3.63) is 70.6 Å². The van der Waals surface area contributed by atoms with E-state index in [1.54, 1.807) is 42.5 Å². The van der Waals surface area contributed by atoms with Gasteiger partial charge in [-0.3, -0.25) is 4.79 Å². The highest BCUT2D eigenvalue weighted by atomic mass is 32.2. The molecule has 2 aromatic carbocycles. The molecule has 0 radical (unpaired) electrons. The fourth-order valence-electron chi connectivity index (χ4n) is 3.57. The normalized spacial score (nSPS) is 13.5. The molecule has 0 spiro atoms. The van der Waals surface area contributed by atoms with Gasteiger partial charge in [0.05, 0.1) is 4.90 Å². The summed E-state index contributed by atoms with van der Waals surface area (Å²) in [6, 6.07) is 15.8. The highest BCUT2D eigenvalue weighted by Crippen LogP contribution is 2.43. The van der Waals surface area contributed by atoms with Crippen molar-refractivity contribution < 1.29 is 17.9 Å². The number of carbonyl (C=O) groups excluding carboxylic acids is 1. The van der Waals surface area contributed by atoms with Crippen LogP contribution in [-0.4, -0.2) is 20.9 Å². The van der Waals surface area contributed by atoms with Crippen LogP contribution in [0.15, 0.2) is 64.4 Å². The molecule has 3 aromatic rings. The lowest BCUT2D eigenvalue weighted by Crippen LogP contribution is -2.21. The molecule has 7 heteroatoms. The van der Waals surface area contributed by atoms with Gasteiger partial charge >= 0.3 is 0 Å². The second-order valence-electron chi connectivity index (χ2n) is 7.34. The number of anilines is 1. The molecule has 1 N–H and O–H groups in total. The molecule has 0 atom stereocenters. The Morgan fingerprint density at radius 2 is 1.73 bits per heavy atom. The second-order valence-corrected chi connectivity index (χ2v) is 10.3. The Hall–Kier alpha value is -2.64. The molecule has 1 heterocycles. The minimum atomic E-state index is -3.73. The highest BCUT2D eigenvalue weighted by molar-refractivity contribution is 7.92. The summed E-state index contributed by atoms with van der Waals surface area (Å²) in [7, 11) is -3.73. The maximum atomic E-state index is 13.4. The maximum absolute atomic E-state index is 13.4. The van der Waals surface area contributed by atoms with Gasteiger partial charge in [0, 0.05) is 4.88 Å². The van der Waals surface area contributed by atoms with Crippen LogP contribution in [0.25, 0.3) is 0 Å². The molecule has 0 saturated heterocycles. The maximum Gasteiger partial charge on any atom is 0.262 e. The molecule has 0 bridgehead atoms. The van der Waals surface area contributed by atoms with Crippen molar-refractivity contribution in [2.75, 3.05) is 11.9 Å². The van der Waals surface area contributed by atoms with E-state index >= 15 is 0 Å². The molecule has 1 aromatic heterocycles. The fourth-order valence-corrected chi connectivity index (χ4v) is 6.88. The van der Waals surface area contributed by atoms with Crippen molar-refractivity contribution in [2.24, 2.45) is 0 Å². The number of thiophene rings is 1. The first-order valence-electron chi connectivity index (χ1n) is 9.89. The van der Waals surface area contributed by atoms with Gasteiger partial charge < -0.3 is 10.1 Å². The first-order valence-corrected chi connectivity index (χ1v) is 12.2. The topological polar surface area (TPSA) is 72.5 Å². The van der Waals surface area contributed by atoms with Gasteiger partial charge in [0.25, 0.3) is 5.91 Å². The van der Waals surface area contributed by atoms with Gasteiger partial charge in [0.15, 0.2) is 6.61 Å². The summed E-state index contributed by atoms with van der Waals surface area (Å²) in [5, 5.41) is 3.19. The van der Waals surface area contributed by atoms with Crippen molar-refractivity contribution in [1.29, 1.82) is 0 Å². The lowest BCUT2D eigenvalue weighted by molar-refractivity contribution is -0.118. The van der Waals surface area contributed by atoms with E-state index in [1.807, 2.05) is 19.1 Å². The van der Waals surface area contributed by atoms with E-state index in [0.29, 0.717) is 17.2 Å². The Kier molecular flexibility index (Phi) is 5.92. The third kappa shape index (κ3) is 4.27. The number of benzene rings is 2. The number of amides is 1. The van der Waals surface area contributed by atoms with Crippen LogP contribution in [-0.2, 0) is 27.5 Å². The molecule has 0 saturated carbocycles. The summed E-state index contributed by atoms with van der Waals surface area (Å²) >= 11 is 1.37. The molecule has 4 rings (SSSR count). The molecule has 0 fully saturated rings. The monoisotopic (exact) mass is 441 g/mol. The number of carbonyl (C=O) groups is 1. The van der Waals surface area contributed by atoms with Crippen molar-refractivity contribution in [2.45, 2.75) is 42.4 Å². The Morgan fingerprint density at radius 3 is 2.47 bits per heavy atom. The van der Waals surface area contributed by atoms with E-state index in [0.717, 1.165) is 35.3 Å². The standard InChI is InChI=1S/C23H23NO4S2/c1-16-11-13-17(14-12-16)28-15-21(25)24-23-22(19-9-5-6-10-20(19)29-23)30(26,27)18-7-3-2-4-8-18/h2-4,7-8,11-14H,5-6,9-10,15H2,1H3,(H,24,25). The zero-order valence-corrected chi connectivity index (χ0v) is 18.3. The van der Waals surface area contributed by atoms with Crippen LogP contribution >= 0.6 is 11.3 Å². The average Bonchev–Trinajstić information content (AvgIpc) is 3.12.